The Hall–Kier alpha value is -0.440. The quantitative estimate of drug-likeness (QED) is 0.552. The number of carboxylic acid groups (broad SMARTS) is 1. The predicted octanol–water partition coefficient (Wildman–Crippen LogP) is 2.48. The van der Waals surface area contributed by atoms with E-state index in [1.165, 1.54) is 0 Å². The fourth-order valence-electron chi connectivity index (χ4n) is 1.45. The van der Waals surface area contributed by atoms with Gasteiger partial charge in [-0.2, -0.15) is 0 Å². The van der Waals surface area contributed by atoms with Crippen molar-refractivity contribution >= 4 is 17.8 Å². The van der Waals surface area contributed by atoms with Crippen molar-refractivity contribution < 1.29 is 14.6 Å². The third kappa shape index (κ3) is 2.27. The van der Waals surface area contributed by atoms with Gasteiger partial charge >= 0.3 is 6.16 Å². The second-order valence-electron chi connectivity index (χ2n) is 3.22. The summed E-state index contributed by atoms with van der Waals surface area (Å²) in [6.45, 7) is 1.77. The average molecular weight is 193 g/mol. The molecule has 0 bridgehead atoms. The van der Waals surface area contributed by atoms with Crippen LogP contribution in [0.4, 0.5) is 4.79 Å². The molecule has 70 valence electrons. The summed E-state index contributed by atoms with van der Waals surface area (Å²) in [7, 11) is 0. The van der Waals surface area contributed by atoms with Crippen LogP contribution in [0.15, 0.2) is 0 Å². The number of hydrogen-bond acceptors (Lipinski definition) is 2. The van der Waals surface area contributed by atoms with Gasteiger partial charge in [0.15, 0.2) is 0 Å². The molecule has 0 heterocycles. The molecule has 1 rings (SSSR count). The molecule has 1 saturated carbocycles. The van der Waals surface area contributed by atoms with Gasteiger partial charge in [-0.25, -0.2) is 4.79 Å². The van der Waals surface area contributed by atoms with Crippen LogP contribution < -0.4 is 0 Å². The lowest BCUT2D eigenvalue weighted by molar-refractivity contribution is 0.00399. The number of hydrogen-bond donors (Lipinski definition) is 1. The van der Waals surface area contributed by atoms with Crippen molar-refractivity contribution in [2.24, 2.45) is 5.92 Å². The molecule has 1 aliphatic carbocycles. The zero-order valence-electron chi connectivity index (χ0n) is 7.00. The van der Waals surface area contributed by atoms with E-state index in [1.54, 1.807) is 6.92 Å². The van der Waals surface area contributed by atoms with Gasteiger partial charge in [-0.1, -0.05) is 6.42 Å². The van der Waals surface area contributed by atoms with Gasteiger partial charge in [0, 0.05) is 0 Å². The van der Waals surface area contributed by atoms with Crippen molar-refractivity contribution in [3.63, 3.8) is 0 Å². The molecule has 1 aliphatic rings. The molecule has 0 radical (unpaired) electrons. The SMILES string of the molecule is CC(Cl)C(OC(=O)O)C1CCC1. The van der Waals surface area contributed by atoms with Crippen LogP contribution in [0.25, 0.3) is 0 Å². The minimum atomic E-state index is -1.22. The Bertz CT molecular complexity index is 166. The molecule has 0 saturated heterocycles. The summed E-state index contributed by atoms with van der Waals surface area (Å²) in [6.07, 6.45) is 1.69. The minimum Gasteiger partial charge on any atom is -0.450 e. The summed E-state index contributed by atoms with van der Waals surface area (Å²) in [5.74, 6) is 0.341. The van der Waals surface area contributed by atoms with E-state index in [4.69, 9.17) is 21.4 Å². The largest absolute Gasteiger partial charge is 0.506 e. The van der Waals surface area contributed by atoms with Crippen LogP contribution in [-0.2, 0) is 4.74 Å². The fraction of sp³-hybridized carbons (Fsp3) is 0.875. The van der Waals surface area contributed by atoms with E-state index >= 15 is 0 Å². The Morgan fingerprint density at radius 1 is 1.67 bits per heavy atom. The Morgan fingerprint density at radius 3 is 2.50 bits per heavy atom. The summed E-state index contributed by atoms with van der Waals surface area (Å²) in [4.78, 5) is 10.3. The zero-order valence-corrected chi connectivity index (χ0v) is 7.75. The Morgan fingerprint density at radius 2 is 2.25 bits per heavy atom. The minimum absolute atomic E-state index is 0.230. The van der Waals surface area contributed by atoms with Gasteiger partial charge in [0.2, 0.25) is 0 Å². The third-order valence-electron chi connectivity index (χ3n) is 2.30. The van der Waals surface area contributed by atoms with Gasteiger partial charge in [0.25, 0.3) is 0 Å². The van der Waals surface area contributed by atoms with E-state index in [0.717, 1.165) is 19.3 Å². The molecule has 0 amide bonds. The fourth-order valence-corrected chi connectivity index (χ4v) is 1.71. The number of rotatable bonds is 3. The van der Waals surface area contributed by atoms with Crippen LogP contribution in [0.5, 0.6) is 0 Å². The maximum absolute atomic E-state index is 10.3. The van der Waals surface area contributed by atoms with Crippen molar-refractivity contribution in [2.75, 3.05) is 0 Å². The van der Waals surface area contributed by atoms with Crippen LogP contribution in [0.1, 0.15) is 26.2 Å². The molecule has 0 aromatic heterocycles. The molecule has 4 heteroatoms. The summed E-state index contributed by atoms with van der Waals surface area (Å²) in [6, 6.07) is 0. The Balaban J connectivity index is 2.42. The van der Waals surface area contributed by atoms with Gasteiger partial charge in [-0.15, -0.1) is 11.6 Å². The Labute approximate surface area is 76.7 Å². The lowest BCUT2D eigenvalue weighted by Gasteiger charge is -2.33. The molecule has 1 N–H and O–H groups in total. The van der Waals surface area contributed by atoms with Gasteiger partial charge in [0.1, 0.15) is 6.10 Å². The number of alkyl halides is 1. The topological polar surface area (TPSA) is 46.5 Å². The van der Waals surface area contributed by atoms with Gasteiger partial charge in [-0.3, -0.25) is 0 Å². The first-order valence-corrected chi connectivity index (χ1v) is 4.58. The normalized spacial score (nSPS) is 22.5. The molecule has 12 heavy (non-hydrogen) atoms. The number of carbonyl (C=O) groups is 1. The summed E-state index contributed by atoms with van der Waals surface area (Å²) < 4.78 is 4.70. The molecule has 0 aromatic carbocycles. The van der Waals surface area contributed by atoms with E-state index in [2.05, 4.69) is 0 Å². The van der Waals surface area contributed by atoms with Gasteiger partial charge in [0.05, 0.1) is 5.38 Å². The van der Waals surface area contributed by atoms with Crippen LogP contribution in [0, 0.1) is 5.92 Å². The molecule has 0 spiro atoms. The smallest absolute Gasteiger partial charge is 0.450 e. The summed E-state index contributed by atoms with van der Waals surface area (Å²) >= 11 is 5.81. The molecule has 2 unspecified atom stereocenters. The number of halogens is 1. The first kappa shape index (κ1) is 9.65. The molecule has 3 nitrogen and oxygen atoms in total. The molecule has 1 fully saturated rings. The first-order valence-electron chi connectivity index (χ1n) is 4.15. The molecular formula is C8H13ClO3. The molecule has 0 aliphatic heterocycles. The highest BCUT2D eigenvalue weighted by Gasteiger charge is 2.33. The standard InChI is InChI=1S/C8H13ClO3/c1-5(9)7(12-8(10)11)6-3-2-4-6/h5-7H,2-4H2,1H3,(H,10,11). The first-order chi connectivity index (χ1) is 5.61. The van der Waals surface area contributed by atoms with E-state index in [9.17, 15) is 4.79 Å². The maximum Gasteiger partial charge on any atom is 0.506 e. The number of ether oxygens (including phenoxy) is 1. The summed E-state index contributed by atoms with van der Waals surface area (Å²) in [5.41, 5.74) is 0. The summed E-state index contributed by atoms with van der Waals surface area (Å²) in [5, 5.41) is 8.19. The van der Waals surface area contributed by atoms with E-state index in [0.29, 0.717) is 5.92 Å². The van der Waals surface area contributed by atoms with Gasteiger partial charge < -0.3 is 9.84 Å². The van der Waals surface area contributed by atoms with Crippen LogP contribution in [-0.4, -0.2) is 22.7 Å². The zero-order chi connectivity index (χ0) is 9.14. The molecular weight excluding hydrogens is 180 g/mol. The predicted molar refractivity (Wildman–Crippen MR) is 45.6 cm³/mol. The molecule has 2 atom stereocenters. The average Bonchev–Trinajstić information content (AvgIpc) is 1.80. The highest BCUT2D eigenvalue weighted by Crippen LogP contribution is 2.34. The van der Waals surface area contributed by atoms with E-state index < -0.39 is 6.16 Å². The highest BCUT2D eigenvalue weighted by atomic mass is 35.5. The van der Waals surface area contributed by atoms with Crippen LogP contribution in [0.2, 0.25) is 0 Å². The second kappa shape index (κ2) is 3.99. The van der Waals surface area contributed by atoms with Crippen molar-refractivity contribution in [2.45, 2.75) is 37.7 Å². The lowest BCUT2D eigenvalue weighted by Crippen LogP contribution is -2.36. The second-order valence-corrected chi connectivity index (χ2v) is 3.91. The van der Waals surface area contributed by atoms with Crippen LogP contribution in [0.3, 0.4) is 0 Å². The van der Waals surface area contributed by atoms with Crippen molar-refractivity contribution in [1.82, 2.24) is 0 Å². The molecule has 0 aromatic rings. The van der Waals surface area contributed by atoms with Crippen LogP contribution >= 0.6 is 11.6 Å². The maximum atomic E-state index is 10.3. The third-order valence-corrected chi connectivity index (χ3v) is 2.55. The van der Waals surface area contributed by atoms with Crippen molar-refractivity contribution in [1.29, 1.82) is 0 Å². The monoisotopic (exact) mass is 192 g/mol. The highest BCUT2D eigenvalue weighted by molar-refractivity contribution is 6.20. The lowest BCUT2D eigenvalue weighted by atomic mass is 9.80. The van der Waals surface area contributed by atoms with E-state index in [1.807, 2.05) is 0 Å². The van der Waals surface area contributed by atoms with Crippen molar-refractivity contribution in [3.05, 3.63) is 0 Å². The van der Waals surface area contributed by atoms with E-state index in [-0.39, 0.29) is 11.5 Å². The van der Waals surface area contributed by atoms with Gasteiger partial charge in [-0.05, 0) is 25.7 Å². The Kier molecular flexibility index (Phi) is 3.20. The van der Waals surface area contributed by atoms with Crippen molar-refractivity contribution in [3.8, 4) is 0 Å².